The maximum atomic E-state index is 13.1. The molecule has 2 fully saturated rings. The van der Waals surface area contributed by atoms with Gasteiger partial charge in [-0.05, 0) is 67.5 Å². The van der Waals surface area contributed by atoms with Crippen LogP contribution in [0.15, 0.2) is 42.5 Å². The topological polar surface area (TPSA) is 30.5 Å². The van der Waals surface area contributed by atoms with Crippen molar-refractivity contribution in [2.45, 2.75) is 63.7 Å². The second-order valence-electron chi connectivity index (χ2n) is 8.83. The van der Waals surface area contributed by atoms with Gasteiger partial charge in [0.25, 0.3) is 0 Å². The first-order chi connectivity index (χ1) is 14.3. The van der Waals surface area contributed by atoms with Crippen molar-refractivity contribution in [3.8, 4) is 5.75 Å². The molecule has 1 aliphatic carbocycles. The molecular weight excluding hydrogens is 365 g/mol. The van der Waals surface area contributed by atoms with Crippen molar-refractivity contribution in [3.05, 3.63) is 59.4 Å². The van der Waals surface area contributed by atoms with E-state index in [1.54, 1.807) is 12.1 Å². The minimum atomic E-state index is -0.221. The van der Waals surface area contributed by atoms with E-state index in [0.29, 0.717) is 18.6 Å². The summed E-state index contributed by atoms with van der Waals surface area (Å²) in [4.78, 5) is 0. The minimum absolute atomic E-state index is 0.168. The maximum Gasteiger partial charge on any atom is 0.123 e. The van der Waals surface area contributed by atoms with E-state index in [-0.39, 0.29) is 11.9 Å². The Morgan fingerprint density at radius 1 is 0.966 bits per heavy atom. The van der Waals surface area contributed by atoms with E-state index in [4.69, 9.17) is 9.47 Å². The van der Waals surface area contributed by atoms with Gasteiger partial charge in [-0.2, -0.15) is 0 Å². The Morgan fingerprint density at radius 2 is 1.79 bits per heavy atom. The fraction of sp³-hybridized carbons (Fsp3) is 0.520. The zero-order valence-electron chi connectivity index (χ0n) is 16.9. The van der Waals surface area contributed by atoms with E-state index in [1.807, 2.05) is 6.07 Å². The molecule has 2 heterocycles. The molecule has 29 heavy (non-hydrogen) atoms. The van der Waals surface area contributed by atoms with Crippen molar-refractivity contribution < 1.29 is 13.9 Å². The van der Waals surface area contributed by atoms with Crippen molar-refractivity contribution in [3.63, 3.8) is 0 Å². The summed E-state index contributed by atoms with van der Waals surface area (Å²) in [6, 6.07) is 13.3. The molecule has 0 bridgehead atoms. The third-order valence-corrected chi connectivity index (χ3v) is 6.96. The Hall–Kier alpha value is -2.07. The van der Waals surface area contributed by atoms with Crippen molar-refractivity contribution >= 4 is 5.69 Å². The highest BCUT2D eigenvalue weighted by atomic mass is 19.1. The van der Waals surface area contributed by atoms with Crippen LogP contribution in [0.2, 0.25) is 0 Å². The molecule has 0 spiro atoms. The largest absolute Gasteiger partial charge is 0.489 e. The lowest BCUT2D eigenvalue weighted by atomic mass is 9.71. The molecule has 0 aromatic heterocycles. The molecule has 1 unspecified atom stereocenters. The van der Waals surface area contributed by atoms with Crippen LogP contribution in [0.3, 0.4) is 0 Å². The van der Waals surface area contributed by atoms with Gasteiger partial charge in [-0.15, -0.1) is 0 Å². The quantitative estimate of drug-likeness (QED) is 0.664. The van der Waals surface area contributed by atoms with Crippen LogP contribution < -0.4 is 10.1 Å². The number of ether oxygens (including phenoxy) is 2. The third kappa shape index (κ3) is 4.00. The summed E-state index contributed by atoms with van der Waals surface area (Å²) in [5.41, 5.74) is 3.41. The Kier molecular flexibility index (Phi) is 5.45. The smallest absolute Gasteiger partial charge is 0.123 e. The van der Waals surface area contributed by atoms with Gasteiger partial charge < -0.3 is 14.8 Å². The molecule has 5 rings (SSSR count). The zero-order valence-corrected chi connectivity index (χ0v) is 16.9. The second kappa shape index (κ2) is 8.35. The van der Waals surface area contributed by atoms with Gasteiger partial charge in [-0.25, -0.2) is 4.39 Å². The lowest BCUT2D eigenvalue weighted by Gasteiger charge is -2.47. The molecule has 3 aliphatic rings. The average molecular weight is 396 g/mol. The van der Waals surface area contributed by atoms with E-state index < -0.39 is 0 Å². The normalized spacial score (nSPS) is 26.9. The summed E-state index contributed by atoms with van der Waals surface area (Å²) in [5, 5.41) is 3.90. The van der Waals surface area contributed by atoms with Crippen LogP contribution in [0.1, 0.15) is 62.2 Å². The third-order valence-electron chi connectivity index (χ3n) is 6.96. The Bertz CT molecular complexity index is 831. The van der Waals surface area contributed by atoms with Crippen LogP contribution in [0, 0.1) is 17.7 Å². The van der Waals surface area contributed by atoms with Crippen LogP contribution in [0.5, 0.6) is 5.75 Å². The van der Waals surface area contributed by atoms with Gasteiger partial charge >= 0.3 is 0 Å². The highest BCUT2D eigenvalue weighted by molar-refractivity contribution is 5.58. The first kappa shape index (κ1) is 18.9. The summed E-state index contributed by atoms with van der Waals surface area (Å²) in [5.74, 6) is 1.94. The predicted octanol–water partition coefficient (Wildman–Crippen LogP) is 6.25. The second-order valence-corrected chi connectivity index (χ2v) is 8.83. The van der Waals surface area contributed by atoms with E-state index >= 15 is 0 Å². The van der Waals surface area contributed by atoms with Gasteiger partial charge in [0.05, 0.1) is 6.10 Å². The standard InChI is InChI=1S/C25H30FNO2/c26-19-10-8-17(9-11-19)16-29-20-12-13-23-22(15-20)25-21(7-4-14-28-25)24(27-23)18-5-2-1-3-6-18/h8-13,15,18,21,24-25,27H,1-7,14,16H2/t21-,24?,25-/m0/s1. The molecule has 1 saturated heterocycles. The number of anilines is 1. The zero-order chi connectivity index (χ0) is 19.6. The first-order valence-corrected chi connectivity index (χ1v) is 11.2. The van der Waals surface area contributed by atoms with E-state index in [9.17, 15) is 4.39 Å². The van der Waals surface area contributed by atoms with Gasteiger partial charge in [0, 0.05) is 29.8 Å². The highest BCUT2D eigenvalue weighted by Crippen LogP contribution is 2.48. The summed E-state index contributed by atoms with van der Waals surface area (Å²) < 4.78 is 25.4. The van der Waals surface area contributed by atoms with E-state index in [2.05, 4.69) is 17.4 Å². The number of nitrogens with one attached hydrogen (secondary N) is 1. The summed E-state index contributed by atoms with van der Waals surface area (Å²) in [7, 11) is 0. The molecule has 3 nitrogen and oxygen atoms in total. The lowest BCUT2D eigenvalue weighted by molar-refractivity contribution is -0.0459. The molecule has 0 amide bonds. The number of hydrogen-bond acceptors (Lipinski definition) is 3. The number of fused-ring (bicyclic) bond motifs is 3. The van der Waals surface area contributed by atoms with Gasteiger partial charge in [0.1, 0.15) is 18.2 Å². The monoisotopic (exact) mass is 395 g/mol. The fourth-order valence-corrected chi connectivity index (χ4v) is 5.48. The summed E-state index contributed by atoms with van der Waals surface area (Å²) >= 11 is 0. The SMILES string of the molecule is Fc1ccc(COc2ccc3c(c2)[C@H]2OCCC[C@H]2C(C2CCCCC2)N3)cc1. The van der Waals surface area contributed by atoms with Crippen LogP contribution in [-0.4, -0.2) is 12.6 Å². The Balaban J connectivity index is 1.36. The number of hydrogen-bond donors (Lipinski definition) is 1. The predicted molar refractivity (Wildman–Crippen MR) is 113 cm³/mol. The molecule has 1 saturated carbocycles. The maximum absolute atomic E-state index is 13.1. The first-order valence-electron chi connectivity index (χ1n) is 11.2. The van der Waals surface area contributed by atoms with Gasteiger partial charge in [-0.1, -0.05) is 31.4 Å². The minimum Gasteiger partial charge on any atom is -0.489 e. The van der Waals surface area contributed by atoms with Crippen molar-refractivity contribution in [2.75, 3.05) is 11.9 Å². The Labute approximate surface area is 172 Å². The van der Waals surface area contributed by atoms with E-state index in [1.165, 1.54) is 61.9 Å². The van der Waals surface area contributed by atoms with E-state index in [0.717, 1.165) is 30.3 Å². The van der Waals surface area contributed by atoms with Gasteiger partial charge in [0.15, 0.2) is 0 Å². The van der Waals surface area contributed by atoms with Crippen molar-refractivity contribution in [1.82, 2.24) is 0 Å². The molecule has 3 atom stereocenters. The van der Waals surface area contributed by atoms with Gasteiger partial charge in [-0.3, -0.25) is 0 Å². The highest BCUT2D eigenvalue weighted by Gasteiger charge is 2.42. The number of benzene rings is 2. The molecule has 1 N–H and O–H groups in total. The molecule has 0 radical (unpaired) electrons. The van der Waals surface area contributed by atoms with Crippen LogP contribution in [-0.2, 0) is 11.3 Å². The molecular formula is C25H30FNO2. The van der Waals surface area contributed by atoms with Gasteiger partial charge in [0.2, 0.25) is 0 Å². The Morgan fingerprint density at radius 3 is 2.62 bits per heavy atom. The summed E-state index contributed by atoms with van der Waals surface area (Å²) in [6.07, 6.45) is 9.36. The average Bonchev–Trinajstić information content (AvgIpc) is 2.79. The van der Waals surface area contributed by atoms with Crippen LogP contribution in [0.25, 0.3) is 0 Å². The molecule has 154 valence electrons. The number of halogens is 1. The van der Waals surface area contributed by atoms with Crippen molar-refractivity contribution in [1.29, 1.82) is 0 Å². The molecule has 2 aromatic rings. The summed E-state index contributed by atoms with van der Waals surface area (Å²) in [6.45, 7) is 1.28. The number of rotatable bonds is 4. The lowest BCUT2D eigenvalue weighted by Crippen LogP contribution is -2.46. The fourth-order valence-electron chi connectivity index (χ4n) is 5.48. The van der Waals surface area contributed by atoms with Crippen LogP contribution >= 0.6 is 0 Å². The van der Waals surface area contributed by atoms with Crippen molar-refractivity contribution in [2.24, 2.45) is 11.8 Å². The van der Waals surface area contributed by atoms with Crippen LogP contribution in [0.4, 0.5) is 10.1 Å². The molecule has 4 heteroatoms. The molecule has 2 aliphatic heterocycles. The molecule has 2 aromatic carbocycles.